The minimum atomic E-state index is -1.44. The zero-order valence-electron chi connectivity index (χ0n) is 12.9. The molecule has 0 spiro atoms. The van der Waals surface area contributed by atoms with Gasteiger partial charge >= 0.3 is 5.97 Å². The molecule has 2 rings (SSSR count). The molecule has 1 aromatic rings. The summed E-state index contributed by atoms with van der Waals surface area (Å²) < 4.78 is 4.90. The maximum atomic E-state index is 11.7. The lowest BCUT2D eigenvalue weighted by molar-refractivity contribution is -0.145. The molecule has 20 heavy (non-hydrogen) atoms. The van der Waals surface area contributed by atoms with Gasteiger partial charge in [0.15, 0.2) is 0 Å². The second-order valence-corrected chi connectivity index (χ2v) is 11.6. The van der Waals surface area contributed by atoms with Gasteiger partial charge in [0.1, 0.15) is 0 Å². The van der Waals surface area contributed by atoms with Crippen LogP contribution in [0.25, 0.3) is 5.20 Å². The molecule has 0 N–H and O–H groups in total. The van der Waals surface area contributed by atoms with Gasteiger partial charge in [-0.2, -0.15) is 0 Å². The van der Waals surface area contributed by atoms with E-state index in [0.29, 0.717) is 0 Å². The zero-order chi connectivity index (χ0) is 14.8. The van der Waals surface area contributed by atoms with Crippen LogP contribution in [0.4, 0.5) is 0 Å². The number of methoxy groups -OCH3 is 1. The maximum absolute atomic E-state index is 11.7. The average Bonchev–Trinajstić information content (AvgIpc) is 2.87. The van der Waals surface area contributed by atoms with Gasteiger partial charge in [-0.3, -0.25) is 4.79 Å². The predicted octanol–water partition coefficient (Wildman–Crippen LogP) is 4.29. The molecule has 0 bridgehead atoms. The normalized spacial score (nSPS) is 21.7. The van der Waals surface area contributed by atoms with Gasteiger partial charge in [-0.1, -0.05) is 60.7 Å². The molecule has 108 valence electrons. The highest BCUT2D eigenvalue weighted by Crippen LogP contribution is 2.40. The Morgan fingerprint density at radius 1 is 1.20 bits per heavy atom. The first-order chi connectivity index (χ1) is 9.43. The number of ether oxygens (including phenoxy) is 1. The van der Waals surface area contributed by atoms with Crippen molar-refractivity contribution >= 4 is 19.2 Å². The molecule has 2 nitrogen and oxygen atoms in total. The molecule has 1 aromatic carbocycles. The van der Waals surface area contributed by atoms with E-state index in [-0.39, 0.29) is 11.9 Å². The van der Waals surface area contributed by atoms with Crippen LogP contribution in [0.3, 0.4) is 0 Å². The number of rotatable bonds is 3. The molecule has 0 saturated heterocycles. The first-order valence-corrected chi connectivity index (χ1v) is 10.8. The standard InChI is InChI=1S/C17H24O2Si/c1-19-17(18)15-11-10-14(12-15)16(20(2,3)4)13-8-6-5-7-9-13/h5-9,15H,10-12H2,1-4H3/b16-14-. The third kappa shape index (κ3) is 3.21. The van der Waals surface area contributed by atoms with Crippen LogP contribution in [-0.4, -0.2) is 21.2 Å². The Morgan fingerprint density at radius 2 is 1.85 bits per heavy atom. The summed E-state index contributed by atoms with van der Waals surface area (Å²) in [6.07, 6.45) is 2.85. The Morgan fingerprint density at radius 3 is 2.40 bits per heavy atom. The third-order valence-electron chi connectivity index (χ3n) is 3.99. The Hall–Kier alpha value is -1.35. The van der Waals surface area contributed by atoms with Crippen molar-refractivity contribution in [2.75, 3.05) is 7.11 Å². The molecule has 0 heterocycles. The highest BCUT2D eigenvalue weighted by Gasteiger charge is 2.32. The molecule has 3 heteroatoms. The molecular formula is C17H24O2Si. The molecule has 1 unspecified atom stereocenters. The Balaban J connectivity index is 2.38. The largest absolute Gasteiger partial charge is 0.469 e. The molecule has 1 aliphatic carbocycles. The van der Waals surface area contributed by atoms with Crippen molar-refractivity contribution in [3.05, 3.63) is 41.5 Å². The van der Waals surface area contributed by atoms with Crippen LogP contribution >= 0.6 is 0 Å². The van der Waals surface area contributed by atoms with E-state index in [2.05, 4.69) is 50.0 Å². The van der Waals surface area contributed by atoms with E-state index in [1.54, 1.807) is 0 Å². The van der Waals surface area contributed by atoms with Gasteiger partial charge < -0.3 is 4.74 Å². The van der Waals surface area contributed by atoms with E-state index < -0.39 is 8.07 Å². The Kier molecular flexibility index (Phi) is 4.48. The first-order valence-electron chi connectivity index (χ1n) is 7.29. The quantitative estimate of drug-likeness (QED) is 0.612. The molecule has 1 aliphatic rings. The maximum Gasteiger partial charge on any atom is 0.308 e. The van der Waals surface area contributed by atoms with Gasteiger partial charge in [0.05, 0.1) is 21.1 Å². The van der Waals surface area contributed by atoms with Crippen LogP contribution in [0.2, 0.25) is 19.6 Å². The summed E-state index contributed by atoms with van der Waals surface area (Å²) in [4.78, 5) is 11.7. The summed E-state index contributed by atoms with van der Waals surface area (Å²) in [6, 6.07) is 10.7. The van der Waals surface area contributed by atoms with Crippen molar-refractivity contribution < 1.29 is 9.53 Å². The van der Waals surface area contributed by atoms with Gasteiger partial charge in [0.2, 0.25) is 0 Å². The fourth-order valence-corrected chi connectivity index (χ4v) is 5.54. The molecule has 0 amide bonds. The van der Waals surface area contributed by atoms with Crippen molar-refractivity contribution in [1.29, 1.82) is 0 Å². The SMILES string of the molecule is COC(=O)C1CC/C(=C(\c2ccccc2)[Si](C)(C)C)C1. The number of esters is 1. The molecular weight excluding hydrogens is 264 g/mol. The lowest BCUT2D eigenvalue weighted by atomic mass is 10.1. The summed E-state index contributed by atoms with van der Waals surface area (Å²) in [5.41, 5.74) is 2.82. The van der Waals surface area contributed by atoms with Crippen molar-refractivity contribution in [2.24, 2.45) is 5.92 Å². The van der Waals surface area contributed by atoms with Crippen LogP contribution in [0.5, 0.6) is 0 Å². The summed E-state index contributed by atoms with van der Waals surface area (Å²) >= 11 is 0. The monoisotopic (exact) mass is 288 g/mol. The topological polar surface area (TPSA) is 26.3 Å². The second kappa shape index (κ2) is 5.96. The molecule has 0 aliphatic heterocycles. The van der Waals surface area contributed by atoms with Crippen molar-refractivity contribution in [3.8, 4) is 0 Å². The first kappa shape index (κ1) is 15.0. The van der Waals surface area contributed by atoms with E-state index >= 15 is 0 Å². The predicted molar refractivity (Wildman–Crippen MR) is 86.1 cm³/mol. The molecule has 0 aromatic heterocycles. The molecule has 1 fully saturated rings. The Bertz CT molecular complexity index is 512. The van der Waals surface area contributed by atoms with Crippen LogP contribution in [0.15, 0.2) is 35.9 Å². The third-order valence-corrected chi connectivity index (χ3v) is 6.13. The van der Waals surface area contributed by atoms with Gasteiger partial charge in [-0.25, -0.2) is 0 Å². The van der Waals surface area contributed by atoms with Gasteiger partial charge in [0.25, 0.3) is 0 Å². The highest BCUT2D eigenvalue weighted by atomic mass is 28.3. The minimum absolute atomic E-state index is 0.0528. The number of allylic oxidation sites excluding steroid dienone is 1. The van der Waals surface area contributed by atoms with Gasteiger partial charge in [0, 0.05) is 0 Å². The Labute approximate surface area is 122 Å². The van der Waals surface area contributed by atoms with E-state index in [9.17, 15) is 4.79 Å². The van der Waals surface area contributed by atoms with Crippen molar-refractivity contribution in [3.63, 3.8) is 0 Å². The number of carbonyl (C=O) groups is 1. The second-order valence-electron chi connectivity index (χ2n) is 6.56. The summed E-state index contributed by atoms with van der Waals surface area (Å²) in [7, 11) is 0.0472. The summed E-state index contributed by atoms with van der Waals surface area (Å²) in [5.74, 6) is 0.00745. The van der Waals surface area contributed by atoms with E-state index in [0.717, 1.165) is 19.3 Å². The lowest BCUT2D eigenvalue weighted by Crippen LogP contribution is -2.24. The van der Waals surface area contributed by atoms with Gasteiger partial charge in [-0.05, 0) is 24.8 Å². The van der Waals surface area contributed by atoms with E-state index in [1.807, 2.05) is 0 Å². The van der Waals surface area contributed by atoms with Crippen LogP contribution in [-0.2, 0) is 9.53 Å². The fourth-order valence-electron chi connectivity index (χ4n) is 3.22. The van der Waals surface area contributed by atoms with Crippen LogP contribution < -0.4 is 0 Å². The molecule has 0 radical (unpaired) electrons. The summed E-state index contributed by atoms with van der Waals surface area (Å²) in [5, 5.41) is 1.53. The van der Waals surface area contributed by atoms with Gasteiger partial charge in [-0.15, -0.1) is 0 Å². The zero-order valence-corrected chi connectivity index (χ0v) is 13.9. The molecule has 1 saturated carbocycles. The smallest absolute Gasteiger partial charge is 0.308 e. The number of benzene rings is 1. The minimum Gasteiger partial charge on any atom is -0.469 e. The number of hydrogen-bond donors (Lipinski definition) is 0. The average molecular weight is 288 g/mol. The highest BCUT2D eigenvalue weighted by molar-refractivity contribution is 6.93. The van der Waals surface area contributed by atoms with E-state index in [4.69, 9.17) is 4.74 Å². The van der Waals surface area contributed by atoms with Crippen molar-refractivity contribution in [2.45, 2.75) is 38.9 Å². The molecule has 1 atom stereocenters. The van der Waals surface area contributed by atoms with Crippen LogP contribution in [0.1, 0.15) is 24.8 Å². The van der Waals surface area contributed by atoms with Crippen LogP contribution in [0, 0.1) is 5.92 Å². The summed E-state index contributed by atoms with van der Waals surface area (Å²) in [6.45, 7) is 7.15. The van der Waals surface area contributed by atoms with E-state index in [1.165, 1.54) is 23.4 Å². The number of carbonyl (C=O) groups excluding carboxylic acids is 1. The number of hydrogen-bond acceptors (Lipinski definition) is 2. The van der Waals surface area contributed by atoms with Crippen molar-refractivity contribution in [1.82, 2.24) is 0 Å². The lowest BCUT2D eigenvalue weighted by Gasteiger charge is -2.24. The fraction of sp³-hybridized carbons (Fsp3) is 0.471.